The zero-order valence-corrected chi connectivity index (χ0v) is 10.6. The number of benzene rings is 1. The average Bonchev–Trinajstić information content (AvgIpc) is 2.35. The molecule has 0 saturated carbocycles. The minimum absolute atomic E-state index is 0.185. The minimum Gasteiger partial charge on any atom is -0.377 e. The maximum absolute atomic E-state index is 13.2. The third-order valence-electron chi connectivity index (χ3n) is 2.90. The van der Waals surface area contributed by atoms with Crippen LogP contribution in [0.2, 0.25) is 0 Å². The van der Waals surface area contributed by atoms with E-state index >= 15 is 0 Å². The smallest absolute Gasteiger partial charge is 0.310 e. The molecular weight excluding hydrogens is 267 g/mol. The van der Waals surface area contributed by atoms with Crippen molar-refractivity contribution in [2.75, 3.05) is 7.11 Å². The molecule has 6 heteroatoms. The highest BCUT2D eigenvalue weighted by atomic mass is 19.3. The Morgan fingerprint density at radius 2 is 1.89 bits per heavy atom. The number of halogens is 5. The minimum atomic E-state index is -4.17. The van der Waals surface area contributed by atoms with Crippen LogP contribution in [0.1, 0.15) is 30.6 Å². The molecular formula is C13H15F5O. The molecule has 0 heterocycles. The van der Waals surface area contributed by atoms with Crippen LogP contribution in [0.4, 0.5) is 22.0 Å². The van der Waals surface area contributed by atoms with E-state index in [0.717, 1.165) is 13.2 Å². The summed E-state index contributed by atoms with van der Waals surface area (Å²) in [7, 11) is 1.14. The van der Waals surface area contributed by atoms with Gasteiger partial charge in [0.1, 0.15) is 5.82 Å². The van der Waals surface area contributed by atoms with Crippen molar-refractivity contribution < 1.29 is 26.7 Å². The SMILES string of the molecule is CCc1ccc(F)cc1C(CC(F)(F)C(F)F)OC. The Labute approximate surface area is 108 Å². The number of methoxy groups -OCH3 is 1. The molecule has 0 bridgehead atoms. The first-order valence-electron chi connectivity index (χ1n) is 5.79. The monoisotopic (exact) mass is 282 g/mol. The van der Waals surface area contributed by atoms with Crippen molar-refractivity contribution in [2.45, 2.75) is 38.2 Å². The second kappa shape index (κ2) is 6.32. The number of ether oxygens (including phenoxy) is 1. The van der Waals surface area contributed by atoms with E-state index in [0.29, 0.717) is 12.0 Å². The summed E-state index contributed by atoms with van der Waals surface area (Å²) in [5.74, 6) is -4.78. The first kappa shape index (κ1) is 15.9. The van der Waals surface area contributed by atoms with Gasteiger partial charge in [-0.3, -0.25) is 0 Å². The molecule has 0 aromatic heterocycles. The van der Waals surface area contributed by atoms with Gasteiger partial charge in [-0.15, -0.1) is 0 Å². The van der Waals surface area contributed by atoms with E-state index in [1.54, 1.807) is 6.92 Å². The van der Waals surface area contributed by atoms with Crippen LogP contribution in [-0.4, -0.2) is 19.5 Å². The first-order valence-corrected chi connectivity index (χ1v) is 5.79. The van der Waals surface area contributed by atoms with E-state index < -0.39 is 30.7 Å². The molecule has 0 aliphatic carbocycles. The van der Waals surface area contributed by atoms with Crippen molar-refractivity contribution in [3.05, 3.63) is 35.1 Å². The maximum Gasteiger partial charge on any atom is 0.310 e. The van der Waals surface area contributed by atoms with Gasteiger partial charge in [-0.25, -0.2) is 22.0 Å². The lowest BCUT2D eigenvalue weighted by Crippen LogP contribution is -2.29. The molecule has 1 rings (SSSR count). The fraction of sp³-hybridized carbons (Fsp3) is 0.538. The van der Waals surface area contributed by atoms with E-state index in [-0.39, 0.29) is 5.56 Å². The lowest BCUT2D eigenvalue weighted by Gasteiger charge is -2.24. The highest BCUT2D eigenvalue weighted by Gasteiger charge is 2.43. The predicted molar refractivity (Wildman–Crippen MR) is 61.1 cm³/mol. The number of hydrogen-bond acceptors (Lipinski definition) is 1. The summed E-state index contributed by atoms with van der Waals surface area (Å²) in [6, 6.07) is 3.69. The zero-order valence-electron chi connectivity index (χ0n) is 10.6. The summed E-state index contributed by atoms with van der Waals surface area (Å²) < 4.78 is 68.6. The van der Waals surface area contributed by atoms with Crippen molar-refractivity contribution in [1.82, 2.24) is 0 Å². The fourth-order valence-corrected chi connectivity index (χ4v) is 1.84. The molecule has 1 aromatic rings. The van der Waals surface area contributed by atoms with Gasteiger partial charge >= 0.3 is 12.3 Å². The lowest BCUT2D eigenvalue weighted by molar-refractivity contribution is -0.152. The van der Waals surface area contributed by atoms with Gasteiger partial charge in [-0.2, -0.15) is 0 Å². The molecule has 19 heavy (non-hydrogen) atoms. The third-order valence-corrected chi connectivity index (χ3v) is 2.90. The molecule has 1 aromatic carbocycles. The standard InChI is InChI=1S/C13H15F5O/c1-3-8-4-5-9(14)6-10(8)11(19-2)7-13(17,18)12(15)16/h4-6,11-12H,3,7H2,1-2H3. The predicted octanol–water partition coefficient (Wildman–Crippen LogP) is 4.37. The van der Waals surface area contributed by atoms with Gasteiger partial charge < -0.3 is 4.74 Å². The fourth-order valence-electron chi connectivity index (χ4n) is 1.84. The number of hydrogen-bond donors (Lipinski definition) is 0. The molecule has 0 spiro atoms. The summed E-state index contributed by atoms with van der Waals surface area (Å²) in [5.41, 5.74) is 0.781. The quantitative estimate of drug-likeness (QED) is 0.704. The van der Waals surface area contributed by atoms with Gasteiger partial charge in [0.05, 0.1) is 6.10 Å². The normalized spacial score (nSPS) is 13.9. The molecule has 0 N–H and O–H groups in total. The molecule has 0 aliphatic rings. The molecule has 1 atom stereocenters. The second-order valence-electron chi connectivity index (χ2n) is 4.19. The molecule has 1 unspecified atom stereocenters. The van der Waals surface area contributed by atoms with Gasteiger partial charge in [-0.1, -0.05) is 13.0 Å². The number of aryl methyl sites for hydroxylation is 1. The topological polar surface area (TPSA) is 9.23 Å². The molecule has 0 saturated heterocycles. The van der Waals surface area contributed by atoms with Crippen LogP contribution >= 0.6 is 0 Å². The van der Waals surface area contributed by atoms with Gasteiger partial charge in [0.25, 0.3) is 0 Å². The third kappa shape index (κ3) is 3.89. The lowest BCUT2D eigenvalue weighted by atomic mass is 9.96. The van der Waals surface area contributed by atoms with Crippen LogP contribution in [0, 0.1) is 5.82 Å². The second-order valence-corrected chi connectivity index (χ2v) is 4.19. The molecule has 0 radical (unpaired) electrons. The summed E-state index contributed by atoms with van der Waals surface area (Å²) in [6.07, 6.45) is -5.76. The Bertz CT molecular complexity index is 419. The van der Waals surface area contributed by atoms with Gasteiger partial charge in [0.2, 0.25) is 0 Å². The van der Waals surface area contributed by atoms with Crippen molar-refractivity contribution >= 4 is 0 Å². The van der Waals surface area contributed by atoms with Crippen LogP contribution in [0.25, 0.3) is 0 Å². The molecule has 1 nitrogen and oxygen atoms in total. The Balaban J connectivity index is 3.06. The Kier molecular flexibility index (Phi) is 5.29. The average molecular weight is 282 g/mol. The molecule has 0 aliphatic heterocycles. The summed E-state index contributed by atoms with van der Waals surface area (Å²) in [6.45, 7) is 1.76. The summed E-state index contributed by atoms with van der Waals surface area (Å²) in [5, 5.41) is 0. The Hall–Kier alpha value is -1.17. The summed E-state index contributed by atoms with van der Waals surface area (Å²) in [4.78, 5) is 0. The van der Waals surface area contributed by atoms with Crippen LogP contribution in [0.3, 0.4) is 0 Å². The van der Waals surface area contributed by atoms with E-state index in [1.165, 1.54) is 12.1 Å². The maximum atomic E-state index is 13.2. The highest BCUT2D eigenvalue weighted by molar-refractivity contribution is 5.30. The van der Waals surface area contributed by atoms with Gasteiger partial charge in [-0.05, 0) is 29.7 Å². The van der Waals surface area contributed by atoms with E-state index in [2.05, 4.69) is 0 Å². The molecule has 0 amide bonds. The van der Waals surface area contributed by atoms with Crippen molar-refractivity contribution in [1.29, 1.82) is 0 Å². The van der Waals surface area contributed by atoms with Crippen molar-refractivity contribution in [3.63, 3.8) is 0 Å². The van der Waals surface area contributed by atoms with Crippen molar-refractivity contribution in [3.8, 4) is 0 Å². The first-order chi connectivity index (χ1) is 8.81. The number of rotatable bonds is 6. The van der Waals surface area contributed by atoms with Crippen LogP contribution in [-0.2, 0) is 11.2 Å². The van der Waals surface area contributed by atoms with Crippen LogP contribution < -0.4 is 0 Å². The number of alkyl halides is 4. The van der Waals surface area contributed by atoms with Gasteiger partial charge in [0.15, 0.2) is 0 Å². The largest absolute Gasteiger partial charge is 0.377 e. The van der Waals surface area contributed by atoms with Crippen molar-refractivity contribution in [2.24, 2.45) is 0 Å². The molecule has 108 valence electrons. The van der Waals surface area contributed by atoms with Crippen LogP contribution in [0.15, 0.2) is 18.2 Å². The highest BCUT2D eigenvalue weighted by Crippen LogP contribution is 2.36. The van der Waals surface area contributed by atoms with E-state index in [4.69, 9.17) is 4.74 Å². The Morgan fingerprint density at radius 3 is 2.37 bits per heavy atom. The zero-order chi connectivity index (χ0) is 14.6. The molecule has 0 fully saturated rings. The van der Waals surface area contributed by atoms with Gasteiger partial charge in [0, 0.05) is 13.5 Å². The summed E-state index contributed by atoms with van der Waals surface area (Å²) >= 11 is 0. The van der Waals surface area contributed by atoms with Crippen LogP contribution in [0.5, 0.6) is 0 Å². The Morgan fingerprint density at radius 1 is 1.26 bits per heavy atom. The van der Waals surface area contributed by atoms with E-state index in [1.807, 2.05) is 0 Å². The van der Waals surface area contributed by atoms with E-state index in [9.17, 15) is 22.0 Å².